The quantitative estimate of drug-likeness (QED) is 0.626. The first-order valence-electron chi connectivity index (χ1n) is 6.38. The van der Waals surface area contributed by atoms with Crippen molar-refractivity contribution in [2.24, 2.45) is 5.41 Å². The van der Waals surface area contributed by atoms with Crippen LogP contribution in [0.25, 0.3) is 0 Å². The van der Waals surface area contributed by atoms with E-state index in [1.807, 2.05) is 0 Å². The van der Waals surface area contributed by atoms with Crippen LogP contribution in [0.1, 0.15) is 27.2 Å². The van der Waals surface area contributed by atoms with Crippen LogP contribution in [-0.4, -0.2) is 56.8 Å². The molecule has 22 heavy (non-hydrogen) atoms. The van der Waals surface area contributed by atoms with E-state index in [-0.39, 0.29) is 6.42 Å². The smallest absolute Gasteiger partial charge is 0.309 e. The van der Waals surface area contributed by atoms with E-state index in [1.54, 1.807) is 32.8 Å². The molecule has 0 heterocycles. The summed E-state index contributed by atoms with van der Waals surface area (Å²) in [6, 6.07) is 0. The minimum Gasteiger partial charge on any atom is -0.309 e. The number of sulfone groups is 1. The Morgan fingerprint density at radius 1 is 0.909 bits per heavy atom. The summed E-state index contributed by atoms with van der Waals surface area (Å²) in [4.78, 5) is 1.67. The molecule has 0 aromatic heterocycles. The lowest BCUT2D eigenvalue weighted by molar-refractivity contribution is -0.271. The Morgan fingerprint density at radius 2 is 1.32 bits per heavy atom. The Bertz CT molecular complexity index is 482. The molecule has 0 atom stereocenters. The van der Waals surface area contributed by atoms with Gasteiger partial charge in [-0.05, 0) is 25.9 Å². The molecule has 0 N–H and O–H groups in total. The van der Waals surface area contributed by atoms with E-state index in [4.69, 9.17) is 0 Å². The highest BCUT2D eigenvalue weighted by atomic mass is 32.2. The predicted octanol–water partition coefficient (Wildman–Crippen LogP) is 3.26. The van der Waals surface area contributed by atoms with Gasteiger partial charge in [0.25, 0.3) is 0 Å². The first-order valence-corrected chi connectivity index (χ1v) is 8.03. The van der Waals surface area contributed by atoms with Gasteiger partial charge in [-0.1, -0.05) is 13.8 Å². The maximum Gasteiger partial charge on any atom is 0.413 e. The Hall–Kier alpha value is -0.510. The molecule has 10 heteroatoms. The van der Waals surface area contributed by atoms with Crippen molar-refractivity contribution in [3.05, 3.63) is 0 Å². The average Bonchev–Trinajstić information content (AvgIpc) is 2.23. The standard InChI is InChI=1S/C12H21F6NO2S/c1-9(2,8-19(4)5)6-7-22(20,21)12(17,18)11(15,16)10(3,13)14/h6-8H2,1-5H3. The second-order valence-corrected chi connectivity index (χ2v) is 8.60. The summed E-state index contributed by atoms with van der Waals surface area (Å²) >= 11 is 0. The summed E-state index contributed by atoms with van der Waals surface area (Å²) in [7, 11) is -2.42. The molecule has 0 aliphatic carbocycles. The van der Waals surface area contributed by atoms with Gasteiger partial charge in [-0.2, -0.15) is 26.3 Å². The van der Waals surface area contributed by atoms with Gasteiger partial charge in [-0.3, -0.25) is 0 Å². The lowest BCUT2D eigenvalue weighted by Gasteiger charge is -2.32. The maximum absolute atomic E-state index is 13.5. The van der Waals surface area contributed by atoms with Crippen LogP contribution in [0.4, 0.5) is 26.3 Å². The Kier molecular flexibility index (Phi) is 6.04. The molecule has 0 aromatic rings. The van der Waals surface area contributed by atoms with Crippen LogP contribution in [0.3, 0.4) is 0 Å². The number of nitrogens with zero attached hydrogens (tertiary/aromatic N) is 1. The minimum absolute atomic E-state index is 0.314. The van der Waals surface area contributed by atoms with Gasteiger partial charge in [-0.15, -0.1) is 0 Å². The molecule has 0 spiro atoms. The molecule has 3 nitrogen and oxygen atoms in total. The Labute approximate surface area is 126 Å². The second kappa shape index (κ2) is 6.18. The van der Waals surface area contributed by atoms with Gasteiger partial charge in [0.1, 0.15) is 0 Å². The average molecular weight is 357 g/mol. The molecule has 0 saturated carbocycles. The third kappa shape index (κ3) is 4.50. The normalized spacial score (nSPS) is 15.5. The van der Waals surface area contributed by atoms with Crippen LogP contribution in [0.5, 0.6) is 0 Å². The van der Waals surface area contributed by atoms with Gasteiger partial charge in [0.15, 0.2) is 0 Å². The van der Waals surface area contributed by atoms with E-state index in [0.717, 1.165) is 0 Å². The molecule has 0 unspecified atom stereocenters. The van der Waals surface area contributed by atoms with Crippen molar-refractivity contribution in [1.29, 1.82) is 0 Å². The summed E-state index contributed by atoms with van der Waals surface area (Å²) in [6.45, 7) is 3.00. The molecule has 0 fully saturated rings. The zero-order valence-electron chi connectivity index (χ0n) is 13.1. The van der Waals surface area contributed by atoms with E-state index in [1.165, 1.54) is 0 Å². The summed E-state index contributed by atoms with van der Waals surface area (Å²) < 4.78 is 102. The fourth-order valence-corrected chi connectivity index (χ4v) is 3.57. The number of hydrogen-bond donors (Lipinski definition) is 0. The predicted molar refractivity (Wildman–Crippen MR) is 71.3 cm³/mol. The molecular weight excluding hydrogens is 336 g/mol. The molecule has 0 aliphatic rings. The van der Waals surface area contributed by atoms with Crippen LogP contribution >= 0.6 is 0 Å². The second-order valence-electron chi connectivity index (χ2n) is 6.45. The summed E-state index contributed by atoms with van der Waals surface area (Å²) in [6.07, 6.45) is -0.367. The minimum atomic E-state index is -5.98. The van der Waals surface area contributed by atoms with Gasteiger partial charge < -0.3 is 4.90 Å². The number of alkyl halides is 6. The van der Waals surface area contributed by atoms with Crippen LogP contribution in [0, 0.1) is 5.41 Å². The number of halogens is 6. The summed E-state index contributed by atoms with van der Waals surface area (Å²) in [5.74, 6) is -12.5. The highest BCUT2D eigenvalue weighted by Gasteiger charge is 2.75. The highest BCUT2D eigenvalue weighted by Crippen LogP contribution is 2.48. The van der Waals surface area contributed by atoms with Crippen LogP contribution in [0.2, 0.25) is 0 Å². The molecule has 0 bridgehead atoms. The third-order valence-electron chi connectivity index (χ3n) is 3.10. The van der Waals surface area contributed by atoms with Crippen molar-refractivity contribution < 1.29 is 34.8 Å². The molecule has 0 aromatic carbocycles. The fourth-order valence-electron chi connectivity index (χ4n) is 1.92. The number of hydrogen-bond acceptors (Lipinski definition) is 3. The Balaban J connectivity index is 5.33. The van der Waals surface area contributed by atoms with E-state index in [9.17, 15) is 34.8 Å². The lowest BCUT2D eigenvalue weighted by atomic mass is 9.90. The van der Waals surface area contributed by atoms with Gasteiger partial charge in [0, 0.05) is 13.5 Å². The van der Waals surface area contributed by atoms with E-state index in [2.05, 4.69) is 0 Å². The third-order valence-corrected chi connectivity index (χ3v) is 4.88. The molecule has 134 valence electrons. The van der Waals surface area contributed by atoms with Crippen LogP contribution < -0.4 is 0 Å². The highest BCUT2D eigenvalue weighted by molar-refractivity contribution is 7.92. The summed E-state index contributed by atoms with van der Waals surface area (Å²) in [5, 5.41) is -5.84. The number of rotatable bonds is 8. The van der Waals surface area contributed by atoms with E-state index >= 15 is 0 Å². The van der Waals surface area contributed by atoms with Crippen molar-refractivity contribution in [3.8, 4) is 0 Å². The SMILES string of the molecule is CN(C)CC(C)(C)CCS(=O)(=O)C(F)(F)C(F)(F)C(C)(F)F. The zero-order chi connectivity index (χ0) is 18.2. The van der Waals surface area contributed by atoms with Crippen molar-refractivity contribution in [1.82, 2.24) is 4.90 Å². The molecule has 0 radical (unpaired) electrons. The fraction of sp³-hybridized carbons (Fsp3) is 1.00. The molecule has 0 saturated heterocycles. The molecular formula is C12H21F6NO2S. The Morgan fingerprint density at radius 3 is 1.64 bits per heavy atom. The van der Waals surface area contributed by atoms with E-state index < -0.39 is 45.0 Å². The van der Waals surface area contributed by atoms with Crippen molar-refractivity contribution in [2.75, 3.05) is 26.4 Å². The monoisotopic (exact) mass is 357 g/mol. The molecule has 0 amide bonds. The van der Waals surface area contributed by atoms with Gasteiger partial charge in [0.2, 0.25) is 9.84 Å². The van der Waals surface area contributed by atoms with Crippen molar-refractivity contribution in [3.63, 3.8) is 0 Å². The van der Waals surface area contributed by atoms with Gasteiger partial charge in [0.05, 0.1) is 5.75 Å². The van der Waals surface area contributed by atoms with Crippen LogP contribution in [-0.2, 0) is 9.84 Å². The van der Waals surface area contributed by atoms with Crippen molar-refractivity contribution >= 4 is 9.84 Å². The van der Waals surface area contributed by atoms with Gasteiger partial charge in [-0.25, -0.2) is 8.42 Å². The zero-order valence-corrected chi connectivity index (χ0v) is 13.9. The molecule has 0 rings (SSSR count). The lowest BCUT2D eigenvalue weighted by Crippen LogP contribution is -2.57. The van der Waals surface area contributed by atoms with E-state index in [0.29, 0.717) is 6.54 Å². The van der Waals surface area contributed by atoms with Crippen LogP contribution in [0.15, 0.2) is 0 Å². The van der Waals surface area contributed by atoms with Gasteiger partial charge >= 0.3 is 17.1 Å². The topological polar surface area (TPSA) is 37.4 Å². The largest absolute Gasteiger partial charge is 0.413 e. The summed E-state index contributed by atoms with van der Waals surface area (Å²) in [5.41, 5.74) is -0.767. The molecule has 0 aliphatic heterocycles. The van der Waals surface area contributed by atoms with Crippen molar-refractivity contribution in [2.45, 2.75) is 44.3 Å². The maximum atomic E-state index is 13.5. The first kappa shape index (κ1) is 21.5. The first-order chi connectivity index (χ1) is 9.37.